The van der Waals surface area contributed by atoms with Crippen LogP contribution >= 0.6 is 11.8 Å². The van der Waals surface area contributed by atoms with E-state index in [0.717, 1.165) is 12.2 Å². The minimum Gasteiger partial charge on any atom is -0.467 e. The molecule has 0 aromatic heterocycles. The molecule has 1 unspecified atom stereocenters. The van der Waals surface area contributed by atoms with Crippen molar-refractivity contribution in [2.45, 2.75) is 25.9 Å². The van der Waals surface area contributed by atoms with Crippen LogP contribution in [0, 0.1) is 5.41 Å². The van der Waals surface area contributed by atoms with E-state index in [9.17, 15) is 9.90 Å². The summed E-state index contributed by atoms with van der Waals surface area (Å²) in [6, 6.07) is 0. The van der Waals surface area contributed by atoms with Gasteiger partial charge >= 0.3 is 5.97 Å². The van der Waals surface area contributed by atoms with Gasteiger partial charge in [-0.15, -0.1) is 0 Å². The maximum absolute atomic E-state index is 11.4. The molecule has 4 heteroatoms. The Balaban J connectivity index is 2.90. The highest BCUT2D eigenvalue weighted by molar-refractivity contribution is 7.99. The summed E-state index contributed by atoms with van der Waals surface area (Å²) in [7, 11) is 1.32. The van der Waals surface area contributed by atoms with Crippen molar-refractivity contribution < 1.29 is 14.6 Å². The monoisotopic (exact) mass is 204 g/mol. The van der Waals surface area contributed by atoms with Crippen LogP contribution in [0.5, 0.6) is 0 Å². The lowest BCUT2D eigenvalue weighted by atomic mass is 9.73. The Morgan fingerprint density at radius 1 is 1.54 bits per heavy atom. The van der Waals surface area contributed by atoms with Crippen LogP contribution in [0.4, 0.5) is 0 Å². The molecular formula is C9H16O3S. The van der Waals surface area contributed by atoms with Crippen molar-refractivity contribution in [2.24, 2.45) is 5.41 Å². The fraction of sp³-hybridized carbons (Fsp3) is 0.889. The van der Waals surface area contributed by atoms with E-state index in [-0.39, 0.29) is 5.41 Å². The van der Waals surface area contributed by atoms with Gasteiger partial charge in [0.1, 0.15) is 0 Å². The zero-order valence-corrected chi connectivity index (χ0v) is 9.11. The highest BCUT2D eigenvalue weighted by Crippen LogP contribution is 2.42. The van der Waals surface area contributed by atoms with Crippen LogP contribution in [0.3, 0.4) is 0 Å². The standard InChI is InChI=1S/C9H16O3S/c1-8(2)4-5-13-6-9(8,11)7(10)12-3/h11H,4-6H2,1-3H3. The van der Waals surface area contributed by atoms with Gasteiger partial charge < -0.3 is 9.84 Å². The molecule has 1 aliphatic heterocycles. The van der Waals surface area contributed by atoms with Gasteiger partial charge in [0.2, 0.25) is 0 Å². The number of esters is 1. The Morgan fingerprint density at radius 2 is 2.15 bits per heavy atom. The molecule has 0 saturated carbocycles. The van der Waals surface area contributed by atoms with Crippen LogP contribution in [-0.2, 0) is 9.53 Å². The highest BCUT2D eigenvalue weighted by Gasteiger charge is 2.52. The first-order valence-corrected chi connectivity index (χ1v) is 5.48. The molecule has 1 saturated heterocycles. The minimum absolute atomic E-state index is 0.384. The first-order chi connectivity index (χ1) is 5.94. The van der Waals surface area contributed by atoms with E-state index in [1.54, 1.807) is 11.8 Å². The molecule has 1 fully saturated rings. The summed E-state index contributed by atoms with van der Waals surface area (Å²) in [6.07, 6.45) is 0.837. The SMILES string of the molecule is COC(=O)C1(O)CSCCC1(C)C. The summed E-state index contributed by atoms with van der Waals surface area (Å²) in [5.41, 5.74) is -1.70. The number of hydrogen-bond acceptors (Lipinski definition) is 4. The van der Waals surface area contributed by atoms with E-state index in [4.69, 9.17) is 0 Å². The number of ether oxygens (including phenoxy) is 1. The van der Waals surface area contributed by atoms with Crippen molar-refractivity contribution in [1.82, 2.24) is 0 Å². The molecule has 1 heterocycles. The molecule has 0 spiro atoms. The zero-order valence-electron chi connectivity index (χ0n) is 8.29. The first-order valence-electron chi connectivity index (χ1n) is 4.32. The number of rotatable bonds is 1. The maximum atomic E-state index is 11.4. The summed E-state index contributed by atoms with van der Waals surface area (Å²) in [5, 5.41) is 10.2. The average Bonchev–Trinajstić information content (AvgIpc) is 2.08. The van der Waals surface area contributed by atoms with Crippen LogP contribution in [0.2, 0.25) is 0 Å². The normalized spacial score (nSPS) is 32.6. The third-order valence-corrected chi connectivity index (χ3v) is 3.94. The van der Waals surface area contributed by atoms with Gasteiger partial charge in [0, 0.05) is 11.2 Å². The van der Waals surface area contributed by atoms with Gasteiger partial charge in [-0.25, -0.2) is 4.79 Å². The molecule has 1 atom stereocenters. The second-order valence-electron chi connectivity index (χ2n) is 4.04. The van der Waals surface area contributed by atoms with Gasteiger partial charge in [-0.3, -0.25) is 0 Å². The lowest BCUT2D eigenvalue weighted by Gasteiger charge is -2.43. The summed E-state index contributed by atoms with van der Waals surface area (Å²) in [4.78, 5) is 11.4. The summed E-state index contributed by atoms with van der Waals surface area (Å²) >= 11 is 1.60. The molecule has 0 aromatic rings. The lowest BCUT2D eigenvalue weighted by Crippen LogP contribution is -2.56. The second kappa shape index (κ2) is 3.50. The first kappa shape index (κ1) is 10.9. The molecule has 76 valence electrons. The van der Waals surface area contributed by atoms with Gasteiger partial charge in [0.25, 0.3) is 0 Å². The van der Waals surface area contributed by atoms with Crippen LogP contribution < -0.4 is 0 Å². The Morgan fingerprint density at radius 3 is 2.62 bits per heavy atom. The van der Waals surface area contributed by atoms with Crippen molar-refractivity contribution in [1.29, 1.82) is 0 Å². The molecule has 13 heavy (non-hydrogen) atoms. The number of carbonyl (C=O) groups excluding carboxylic acids is 1. The predicted molar refractivity (Wildman–Crippen MR) is 52.7 cm³/mol. The van der Waals surface area contributed by atoms with Crippen molar-refractivity contribution >= 4 is 17.7 Å². The molecule has 0 aliphatic carbocycles. The van der Waals surface area contributed by atoms with Crippen molar-refractivity contribution in [2.75, 3.05) is 18.6 Å². The predicted octanol–water partition coefficient (Wildman–Crippen LogP) is 1.05. The van der Waals surface area contributed by atoms with Gasteiger partial charge in [-0.1, -0.05) is 13.8 Å². The number of thioether (sulfide) groups is 1. The topological polar surface area (TPSA) is 46.5 Å². The van der Waals surface area contributed by atoms with E-state index in [2.05, 4.69) is 4.74 Å². The van der Waals surface area contributed by atoms with Crippen molar-refractivity contribution in [3.05, 3.63) is 0 Å². The fourth-order valence-electron chi connectivity index (χ4n) is 1.45. The molecule has 0 bridgehead atoms. The van der Waals surface area contributed by atoms with Gasteiger partial charge in [-0.05, 0) is 12.2 Å². The van der Waals surface area contributed by atoms with Gasteiger partial charge in [0.15, 0.2) is 5.60 Å². The number of methoxy groups -OCH3 is 1. The molecule has 0 radical (unpaired) electrons. The van der Waals surface area contributed by atoms with Crippen LogP contribution in [0.15, 0.2) is 0 Å². The Bertz CT molecular complexity index is 215. The van der Waals surface area contributed by atoms with Gasteiger partial charge in [0.05, 0.1) is 7.11 Å². The molecule has 0 aromatic carbocycles. The molecule has 0 amide bonds. The van der Waals surface area contributed by atoms with E-state index < -0.39 is 11.6 Å². The average molecular weight is 204 g/mol. The number of carbonyl (C=O) groups is 1. The van der Waals surface area contributed by atoms with Crippen molar-refractivity contribution in [3.8, 4) is 0 Å². The summed E-state index contributed by atoms with van der Waals surface area (Å²) < 4.78 is 4.63. The third kappa shape index (κ3) is 1.70. The van der Waals surface area contributed by atoms with Crippen LogP contribution in [0.1, 0.15) is 20.3 Å². The molecule has 3 nitrogen and oxygen atoms in total. The van der Waals surface area contributed by atoms with E-state index in [1.165, 1.54) is 7.11 Å². The third-order valence-electron chi connectivity index (χ3n) is 2.83. The molecule has 1 N–H and O–H groups in total. The Kier molecular flexibility index (Phi) is 2.92. The number of aliphatic hydroxyl groups is 1. The Hall–Kier alpha value is -0.220. The fourth-order valence-corrected chi connectivity index (χ4v) is 3.06. The van der Waals surface area contributed by atoms with E-state index in [0.29, 0.717) is 5.75 Å². The van der Waals surface area contributed by atoms with E-state index in [1.807, 2.05) is 13.8 Å². The minimum atomic E-state index is -1.31. The molecular weight excluding hydrogens is 188 g/mol. The van der Waals surface area contributed by atoms with Gasteiger partial charge in [-0.2, -0.15) is 11.8 Å². The summed E-state index contributed by atoms with van der Waals surface area (Å²) in [6.45, 7) is 3.81. The number of hydrogen-bond donors (Lipinski definition) is 1. The Labute approximate surface area is 82.8 Å². The smallest absolute Gasteiger partial charge is 0.339 e. The zero-order chi connectivity index (χ0) is 10.1. The second-order valence-corrected chi connectivity index (χ2v) is 5.14. The maximum Gasteiger partial charge on any atom is 0.339 e. The largest absolute Gasteiger partial charge is 0.467 e. The summed E-state index contributed by atoms with van der Waals surface area (Å²) in [5.74, 6) is 0.920. The molecule has 1 aliphatic rings. The van der Waals surface area contributed by atoms with Crippen LogP contribution in [0.25, 0.3) is 0 Å². The van der Waals surface area contributed by atoms with Crippen molar-refractivity contribution in [3.63, 3.8) is 0 Å². The molecule has 1 rings (SSSR count). The van der Waals surface area contributed by atoms with E-state index >= 15 is 0 Å². The highest BCUT2D eigenvalue weighted by atomic mass is 32.2. The quantitative estimate of drug-likeness (QED) is 0.649. The van der Waals surface area contributed by atoms with Crippen LogP contribution in [-0.4, -0.2) is 35.3 Å². The lowest BCUT2D eigenvalue weighted by molar-refractivity contribution is -0.173.